The Morgan fingerprint density at radius 3 is 2.69 bits per heavy atom. The lowest BCUT2D eigenvalue weighted by Crippen LogP contribution is -2.55. The molecule has 0 saturated carbocycles. The molecule has 4 nitrogen and oxygen atoms in total. The smallest absolute Gasteiger partial charge is 0.219 e. The van der Waals surface area contributed by atoms with Gasteiger partial charge in [-0.3, -0.25) is 4.79 Å². The molecule has 0 N–H and O–H groups in total. The maximum atomic E-state index is 11.6. The van der Waals surface area contributed by atoms with Gasteiger partial charge in [-0.1, -0.05) is 12.2 Å². The van der Waals surface area contributed by atoms with E-state index in [1.54, 1.807) is 6.92 Å². The molecule has 2 bridgehead atoms. The Hall–Kier alpha value is -0.870. The maximum Gasteiger partial charge on any atom is 0.219 e. The highest BCUT2D eigenvalue weighted by atomic mass is 16.7. The first-order valence-electron chi connectivity index (χ1n) is 5.94. The third-order valence-corrected chi connectivity index (χ3v) is 3.79. The molecule has 16 heavy (non-hydrogen) atoms. The van der Waals surface area contributed by atoms with E-state index in [-0.39, 0.29) is 18.2 Å². The molecule has 1 amide bonds. The number of hydrogen-bond donors (Lipinski definition) is 0. The van der Waals surface area contributed by atoms with E-state index < -0.39 is 0 Å². The zero-order chi connectivity index (χ0) is 11.1. The number of fused-ring (bicyclic) bond motifs is 2. The van der Waals surface area contributed by atoms with Crippen LogP contribution in [0.4, 0.5) is 0 Å². The van der Waals surface area contributed by atoms with Gasteiger partial charge in [-0.25, -0.2) is 0 Å². The average Bonchev–Trinajstić information content (AvgIpc) is 2.82. The highest BCUT2D eigenvalue weighted by Gasteiger charge is 2.44. The molecule has 0 aromatic heterocycles. The van der Waals surface area contributed by atoms with E-state index in [4.69, 9.17) is 9.47 Å². The molecule has 0 radical (unpaired) electrons. The zero-order valence-corrected chi connectivity index (χ0v) is 9.46. The van der Waals surface area contributed by atoms with Gasteiger partial charge in [0.25, 0.3) is 0 Å². The summed E-state index contributed by atoms with van der Waals surface area (Å²) >= 11 is 0. The van der Waals surface area contributed by atoms with Crippen molar-refractivity contribution in [2.75, 3.05) is 19.8 Å². The van der Waals surface area contributed by atoms with Crippen LogP contribution in [0.15, 0.2) is 12.2 Å². The van der Waals surface area contributed by atoms with Crippen molar-refractivity contribution in [3.8, 4) is 0 Å². The van der Waals surface area contributed by atoms with Crippen LogP contribution in [0.25, 0.3) is 0 Å². The Morgan fingerprint density at radius 2 is 2.06 bits per heavy atom. The SMILES string of the molecule is CC(=O)N1CC2C=CC1C(C1OCCO1)C2. The molecule has 3 heterocycles. The monoisotopic (exact) mass is 223 g/mol. The van der Waals surface area contributed by atoms with Gasteiger partial charge in [-0.05, 0) is 12.3 Å². The van der Waals surface area contributed by atoms with Crippen LogP contribution in [-0.4, -0.2) is 42.9 Å². The van der Waals surface area contributed by atoms with Crippen molar-refractivity contribution >= 4 is 5.91 Å². The van der Waals surface area contributed by atoms with Crippen molar-refractivity contribution in [3.05, 3.63) is 12.2 Å². The summed E-state index contributed by atoms with van der Waals surface area (Å²) in [4.78, 5) is 13.5. The van der Waals surface area contributed by atoms with E-state index in [0.717, 1.165) is 13.0 Å². The van der Waals surface area contributed by atoms with Crippen LogP contribution in [0.2, 0.25) is 0 Å². The first kappa shape index (κ1) is 10.3. The van der Waals surface area contributed by atoms with E-state index >= 15 is 0 Å². The first-order chi connectivity index (χ1) is 7.75. The van der Waals surface area contributed by atoms with Crippen LogP contribution in [0.1, 0.15) is 13.3 Å². The van der Waals surface area contributed by atoms with E-state index in [0.29, 0.717) is 25.0 Å². The van der Waals surface area contributed by atoms with Crippen molar-refractivity contribution < 1.29 is 14.3 Å². The fourth-order valence-corrected chi connectivity index (χ4v) is 3.06. The predicted octanol–water partition coefficient (Wildman–Crippen LogP) is 0.782. The minimum Gasteiger partial charge on any atom is -0.350 e. The number of piperidine rings is 1. The molecule has 0 spiro atoms. The molecular formula is C12H17NO3. The Kier molecular flexibility index (Phi) is 2.48. The fourth-order valence-electron chi connectivity index (χ4n) is 3.06. The quantitative estimate of drug-likeness (QED) is 0.617. The lowest BCUT2D eigenvalue weighted by molar-refractivity contribution is -0.146. The van der Waals surface area contributed by atoms with E-state index in [2.05, 4.69) is 12.2 Å². The van der Waals surface area contributed by atoms with Crippen molar-refractivity contribution in [2.45, 2.75) is 25.7 Å². The summed E-state index contributed by atoms with van der Waals surface area (Å²) in [5.74, 6) is 0.948. The van der Waals surface area contributed by atoms with Crippen molar-refractivity contribution in [1.82, 2.24) is 4.90 Å². The second kappa shape index (κ2) is 3.86. The summed E-state index contributed by atoms with van der Waals surface area (Å²) in [6, 6.07) is 0.172. The fraction of sp³-hybridized carbons (Fsp3) is 0.750. The van der Waals surface area contributed by atoms with Gasteiger partial charge < -0.3 is 14.4 Å². The largest absolute Gasteiger partial charge is 0.350 e. The van der Waals surface area contributed by atoms with Gasteiger partial charge in [0.15, 0.2) is 6.29 Å². The Bertz CT molecular complexity index is 322. The maximum absolute atomic E-state index is 11.6. The highest BCUT2D eigenvalue weighted by Crippen LogP contribution is 2.38. The summed E-state index contributed by atoms with van der Waals surface area (Å²) in [6.45, 7) is 3.87. The van der Waals surface area contributed by atoms with Gasteiger partial charge in [0.1, 0.15) is 0 Å². The molecule has 4 heteroatoms. The van der Waals surface area contributed by atoms with Crippen LogP contribution in [0.3, 0.4) is 0 Å². The Labute approximate surface area is 95.2 Å². The third-order valence-electron chi connectivity index (χ3n) is 3.79. The highest BCUT2D eigenvalue weighted by molar-refractivity contribution is 5.74. The second-order valence-corrected chi connectivity index (χ2v) is 4.82. The molecule has 3 atom stereocenters. The molecule has 4 rings (SSSR count). The standard InChI is InChI=1S/C12H17NO3/c1-8(14)13-7-9-2-3-11(13)10(6-9)12-15-4-5-16-12/h2-3,9-12H,4-7H2,1H3. The molecule has 2 fully saturated rings. The lowest BCUT2D eigenvalue weighted by atomic mass is 9.77. The number of carbonyl (C=O) groups is 1. The molecule has 2 saturated heterocycles. The number of ether oxygens (including phenoxy) is 2. The van der Waals surface area contributed by atoms with E-state index in [9.17, 15) is 4.79 Å². The minimum atomic E-state index is -0.111. The van der Waals surface area contributed by atoms with Crippen LogP contribution in [0, 0.1) is 11.8 Å². The lowest BCUT2D eigenvalue weighted by Gasteiger charge is -2.47. The van der Waals surface area contributed by atoms with Crippen LogP contribution in [0.5, 0.6) is 0 Å². The summed E-state index contributed by atoms with van der Waals surface area (Å²) in [7, 11) is 0. The molecule has 88 valence electrons. The summed E-state index contributed by atoms with van der Waals surface area (Å²) < 4.78 is 11.2. The van der Waals surface area contributed by atoms with Gasteiger partial charge in [0.05, 0.1) is 19.3 Å². The summed E-state index contributed by atoms with van der Waals surface area (Å²) in [6.07, 6.45) is 5.35. The van der Waals surface area contributed by atoms with Gasteiger partial charge in [-0.15, -0.1) is 0 Å². The van der Waals surface area contributed by atoms with Gasteiger partial charge in [0, 0.05) is 19.4 Å². The predicted molar refractivity (Wildman–Crippen MR) is 57.6 cm³/mol. The van der Waals surface area contributed by atoms with E-state index in [1.165, 1.54) is 0 Å². The number of nitrogens with zero attached hydrogens (tertiary/aromatic N) is 1. The van der Waals surface area contributed by atoms with Crippen LogP contribution < -0.4 is 0 Å². The molecule has 3 aliphatic heterocycles. The number of rotatable bonds is 1. The van der Waals surface area contributed by atoms with Crippen LogP contribution >= 0.6 is 0 Å². The first-order valence-corrected chi connectivity index (χ1v) is 5.94. The van der Waals surface area contributed by atoms with Gasteiger partial charge in [0.2, 0.25) is 5.91 Å². The Morgan fingerprint density at radius 1 is 1.31 bits per heavy atom. The van der Waals surface area contributed by atoms with Crippen molar-refractivity contribution in [1.29, 1.82) is 0 Å². The Balaban J connectivity index is 1.81. The average molecular weight is 223 g/mol. The van der Waals surface area contributed by atoms with Crippen molar-refractivity contribution in [3.63, 3.8) is 0 Å². The second-order valence-electron chi connectivity index (χ2n) is 4.82. The zero-order valence-electron chi connectivity index (χ0n) is 9.46. The van der Waals surface area contributed by atoms with Crippen LogP contribution in [-0.2, 0) is 14.3 Å². The van der Waals surface area contributed by atoms with Crippen molar-refractivity contribution in [2.24, 2.45) is 11.8 Å². The number of carbonyl (C=O) groups excluding carboxylic acids is 1. The van der Waals surface area contributed by atoms with E-state index in [1.807, 2.05) is 4.90 Å². The molecule has 3 unspecified atom stereocenters. The number of amides is 1. The van der Waals surface area contributed by atoms with Gasteiger partial charge in [-0.2, -0.15) is 0 Å². The summed E-state index contributed by atoms with van der Waals surface area (Å²) in [5.41, 5.74) is 0. The molecule has 1 aliphatic carbocycles. The minimum absolute atomic E-state index is 0.111. The molecule has 0 aromatic rings. The summed E-state index contributed by atoms with van der Waals surface area (Å²) in [5, 5.41) is 0. The topological polar surface area (TPSA) is 38.8 Å². The molecular weight excluding hydrogens is 206 g/mol. The third kappa shape index (κ3) is 1.57. The normalized spacial score (nSPS) is 38.3. The molecule has 0 aromatic carbocycles. The van der Waals surface area contributed by atoms with Gasteiger partial charge >= 0.3 is 0 Å². The molecule has 4 aliphatic rings. The number of hydrogen-bond acceptors (Lipinski definition) is 3.